The average Bonchev–Trinajstić information content (AvgIpc) is 2.30. The van der Waals surface area contributed by atoms with Crippen molar-refractivity contribution in [2.75, 3.05) is 18.1 Å². The molecule has 0 saturated carbocycles. The van der Waals surface area contributed by atoms with Crippen LogP contribution in [0.2, 0.25) is 0 Å². The Balaban J connectivity index is 2.20. The SMILES string of the molecule is NCCCCSCC(=O)c1ccccc1. The number of rotatable bonds is 7. The van der Waals surface area contributed by atoms with Crippen molar-refractivity contribution in [2.24, 2.45) is 5.73 Å². The molecular weight excluding hydrogens is 206 g/mol. The van der Waals surface area contributed by atoms with Crippen molar-refractivity contribution in [3.63, 3.8) is 0 Å². The summed E-state index contributed by atoms with van der Waals surface area (Å²) in [7, 11) is 0. The van der Waals surface area contributed by atoms with Gasteiger partial charge in [0, 0.05) is 5.56 Å². The molecular formula is C12H17NOS. The van der Waals surface area contributed by atoms with Crippen LogP contribution < -0.4 is 5.73 Å². The first-order valence-corrected chi connectivity index (χ1v) is 6.36. The number of ketones is 1. The number of carbonyl (C=O) groups excluding carboxylic acids is 1. The summed E-state index contributed by atoms with van der Waals surface area (Å²) in [4.78, 5) is 11.6. The van der Waals surface area contributed by atoms with E-state index in [1.807, 2.05) is 30.3 Å². The van der Waals surface area contributed by atoms with Crippen molar-refractivity contribution < 1.29 is 4.79 Å². The highest BCUT2D eigenvalue weighted by molar-refractivity contribution is 7.99. The predicted molar refractivity (Wildman–Crippen MR) is 66.4 cm³/mol. The number of benzene rings is 1. The summed E-state index contributed by atoms with van der Waals surface area (Å²) in [5.74, 6) is 1.82. The van der Waals surface area contributed by atoms with Crippen LogP contribution >= 0.6 is 11.8 Å². The molecule has 0 amide bonds. The van der Waals surface area contributed by atoms with Crippen molar-refractivity contribution in [3.8, 4) is 0 Å². The van der Waals surface area contributed by atoms with Gasteiger partial charge in [-0.2, -0.15) is 11.8 Å². The number of thioether (sulfide) groups is 1. The molecule has 0 aliphatic carbocycles. The van der Waals surface area contributed by atoms with E-state index in [4.69, 9.17) is 5.73 Å². The van der Waals surface area contributed by atoms with Crippen molar-refractivity contribution in [1.82, 2.24) is 0 Å². The third-order valence-corrected chi connectivity index (χ3v) is 3.12. The quantitative estimate of drug-likeness (QED) is 0.570. The van der Waals surface area contributed by atoms with Crippen molar-refractivity contribution in [3.05, 3.63) is 35.9 Å². The van der Waals surface area contributed by atoms with Gasteiger partial charge < -0.3 is 5.73 Å². The minimum Gasteiger partial charge on any atom is -0.330 e. The lowest BCUT2D eigenvalue weighted by molar-refractivity contribution is 0.102. The van der Waals surface area contributed by atoms with Crippen LogP contribution in [0.4, 0.5) is 0 Å². The number of unbranched alkanes of at least 4 members (excludes halogenated alkanes) is 1. The van der Waals surface area contributed by atoms with Gasteiger partial charge in [-0.15, -0.1) is 0 Å². The van der Waals surface area contributed by atoms with Crippen LogP contribution in [-0.2, 0) is 0 Å². The van der Waals surface area contributed by atoms with Gasteiger partial charge in [-0.25, -0.2) is 0 Å². The Kier molecular flexibility index (Phi) is 6.12. The van der Waals surface area contributed by atoms with Crippen LogP contribution in [0.15, 0.2) is 30.3 Å². The number of hydrogen-bond acceptors (Lipinski definition) is 3. The maximum atomic E-state index is 11.6. The standard InChI is InChI=1S/C12H17NOS/c13-8-4-5-9-15-10-12(14)11-6-2-1-3-7-11/h1-3,6-7H,4-5,8-10,13H2. The summed E-state index contributed by atoms with van der Waals surface area (Å²) < 4.78 is 0. The van der Waals surface area contributed by atoms with Crippen LogP contribution in [0.3, 0.4) is 0 Å². The van der Waals surface area contributed by atoms with Gasteiger partial charge in [0.25, 0.3) is 0 Å². The zero-order valence-corrected chi connectivity index (χ0v) is 9.63. The fourth-order valence-electron chi connectivity index (χ4n) is 1.22. The Morgan fingerprint density at radius 1 is 1.20 bits per heavy atom. The Hall–Kier alpha value is -0.800. The van der Waals surface area contributed by atoms with Crippen LogP contribution in [0, 0.1) is 0 Å². The Morgan fingerprint density at radius 3 is 2.60 bits per heavy atom. The maximum absolute atomic E-state index is 11.6. The molecule has 0 saturated heterocycles. The van der Waals surface area contributed by atoms with Gasteiger partial charge in [-0.1, -0.05) is 30.3 Å². The molecule has 1 rings (SSSR count). The fraction of sp³-hybridized carbons (Fsp3) is 0.417. The minimum absolute atomic E-state index is 0.216. The molecule has 0 aliphatic rings. The molecule has 0 bridgehead atoms. The summed E-state index contributed by atoms with van der Waals surface area (Å²) in [6.45, 7) is 0.743. The number of nitrogens with two attached hydrogens (primary N) is 1. The summed E-state index contributed by atoms with van der Waals surface area (Å²) in [6, 6.07) is 9.44. The monoisotopic (exact) mass is 223 g/mol. The lowest BCUT2D eigenvalue weighted by atomic mass is 10.2. The van der Waals surface area contributed by atoms with E-state index in [1.165, 1.54) is 0 Å². The smallest absolute Gasteiger partial charge is 0.172 e. The maximum Gasteiger partial charge on any atom is 0.172 e. The summed E-state index contributed by atoms with van der Waals surface area (Å²) in [5.41, 5.74) is 6.19. The van der Waals surface area contributed by atoms with E-state index in [0.717, 1.165) is 30.7 Å². The average molecular weight is 223 g/mol. The minimum atomic E-state index is 0.216. The fourth-order valence-corrected chi connectivity index (χ4v) is 2.13. The summed E-state index contributed by atoms with van der Waals surface area (Å²) >= 11 is 1.69. The molecule has 0 radical (unpaired) electrons. The Bertz CT molecular complexity index is 287. The van der Waals surface area contributed by atoms with Crippen LogP contribution in [0.5, 0.6) is 0 Å². The van der Waals surface area contributed by atoms with Gasteiger partial charge in [0.1, 0.15) is 0 Å². The molecule has 0 aromatic heterocycles. The van der Waals surface area contributed by atoms with Crippen molar-refractivity contribution in [2.45, 2.75) is 12.8 Å². The van der Waals surface area contributed by atoms with E-state index < -0.39 is 0 Å². The van der Waals surface area contributed by atoms with Gasteiger partial charge in [0.15, 0.2) is 5.78 Å². The largest absolute Gasteiger partial charge is 0.330 e. The van der Waals surface area contributed by atoms with Gasteiger partial charge in [-0.05, 0) is 25.1 Å². The normalized spacial score (nSPS) is 10.2. The molecule has 0 unspecified atom stereocenters. The van der Waals surface area contributed by atoms with E-state index in [1.54, 1.807) is 11.8 Å². The molecule has 0 aliphatic heterocycles. The second-order valence-electron chi connectivity index (χ2n) is 3.34. The third kappa shape index (κ3) is 5.00. The van der Waals surface area contributed by atoms with Crippen LogP contribution in [-0.4, -0.2) is 23.8 Å². The Morgan fingerprint density at radius 2 is 1.93 bits per heavy atom. The highest BCUT2D eigenvalue weighted by Crippen LogP contribution is 2.08. The second-order valence-corrected chi connectivity index (χ2v) is 4.44. The molecule has 0 spiro atoms. The van der Waals surface area contributed by atoms with E-state index in [-0.39, 0.29) is 5.78 Å². The lowest BCUT2D eigenvalue weighted by Crippen LogP contribution is -2.03. The molecule has 0 heterocycles. The molecule has 2 N–H and O–H groups in total. The summed E-state index contributed by atoms with van der Waals surface area (Å²) in [6.07, 6.45) is 2.15. The van der Waals surface area contributed by atoms with E-state index in [9.17, 15) is 4.79 Å². The molecule has 1 aromatic rings. The zero-order chi connectivity index (χ0) is 10.9. The highest BCUT2D eigenvalue weighted by atomic mass is 32.2. The highest BCUT2D eigenvalue weighted by Gasteiger charge is 2.03. The van der Waals surface area contributed by atoms with Gasteiger partial charge >= 0.3 is 0 Å². The lowest BCUT2D eigenvalue weighted by Gasteiger charge is -2.00. The molecule has 0 atom stereocenters. The predicted octanol–water partition coefficient (Wildman–Crippen LogP) is 2.34. The first kappa shape index (κ1) is 12.3. The van der Waals surface area contributed by atoms with Crippen LogP contribution in [0.1, 0.15) is 23.2 Å². The van der Waals surface area contributed by atoms with E-state index in [2.05, 4.69) is 0 Å². The third-order valence-electron chi connectivity index (χ3n) is 2.07. The molecule has 3 heteroatoms. The molecule has 15 heavy (non-hydrogen) atoms. The second kappa shape index (κ2) is 7.49. The summed E-state index contributed by atoms with van der Waals surface area (Å²) in [5, 5.41) is 0. The van der Waals surface area contributed by atoms with Gasteiger partial charge in [0.2, 0.25) is 0 Å². The molecule has 0 fully saturated rings. The van der Waals surface area contributed by atoms with Crippen molar-refractivity contribution in [1.29, 1.82) is 0 Å². The number of carbonyl (C=O) groups is 1. The van der Waals surface area contributed by atoms with E-state index in [0.29, 0.717) is 5.75 Å². The number of hydrogen-bond donors (Lipinski definition) is 1. The zero-order valence-electron chi connectivity index (χ0n) is 8.82. The van der Waals surface area contributed by atoms with Gasteiger partial charge in [0.05, 0.1) is 5.75 Å². The molecule has 2 nitrogen and oxygen atoms in total. The van der Waals surface area contributed by atoms with E-state index >= 15 is 0 Å². The molecule has 1 aromatic carbocycles. The first-order chi connectivity index (χ1) is 7.34. The first-order valence-electron chi connectivity index (χ1n) is 5.20. The van der Waals surface area contributed by atoms with Gasteiger partial charge in [-0.3, -0.25) is 4.79 Å². The number of Topliss-reactive ketones (excluding diaryl/α,β-unsaturated/α-hetero) is 1. The van der Waals surface area contributed by atoms with Crippen molar-refractivity contribution >= 4 is 17.5 Å². The Labute approximate surface area is 95.2 Å². The molecule has 82 valence electrons. The van der Waals surface area contributed by atoms with Crippen LogP contribution in [0.25, 0.3) is 0 Å². The topological polar surface area (TPSA) is 43.1 Å².